The molecule has 0 aliphatic rings. The average molecular weight is 412 g/mol. The van der Waals surface area contributed by atoms with Gasteiger partial charge in [0.2, 0.25) is 0 Å². The molecular weight excluding hydrogens is 406 g/mol. The van der Waals surface area contributed by atoms with Crippen LogP contribution in [0, 0.1) is 3.70 Å². The number of pyridine rings is 1. The Balaban J connectivity index is 3.16. The van der Waals surface area contributed by atoms with Crippen molar-refractivity contribution >= 4 is 38.5 Å². The first-order valence-corrected chi connectivity index (χ1v) is 6.18. The van der Waals surface area contributed by atoms with E-state index in [4.69, 9.17) is 5.11 Å². The molecule has 0 fully saturated rings. The van der Waals surface area contributed by atoms with Crippen LogP contribution in [-0.2, 0) is 11.9 Å². The molecule has 0 aliphatic carbocycles. The van der Waals surface area contributed by atoms with Crippen molar-refractivity contribution in [2.45, 2.75) is 18.3 Å². The second-order valence-corrected chi connectivity index (χ2v) is 4.31. The molecule has 8 heteroatoms. The van der Waals surface area contributed by atoms with E-state index in [0.29, 0.717) is 11.0 Å². The molecule has 0 aliphatic heterocycles. The highest BCUT2D eigenvalue weighted by Crippen LogP contribution is 2.31. The minimum Gasteiger partial charge on any atom is -0.403 e. The second-order valence-electron chi connectivity index (χ2n) is 2.73. The quantitative estimate of drug-likeness (QED) is 0.472. The largest absolute Gasteiger partial charge is 0.573 e. The zero-order valence-electron chi connectivity index (χ0n) is 7.68. The van der Waals surface area contributed by atoms with E-state index in [2.05, 4.69) is 25.7 Å². The average Bonchev–Trinajstić information content (AvgIpc) is 2.19. The molecule has 90 valence electrons. The Bertz CT molecular complexity index is 386. The number of hydrogen-bond acceptors (Lipinski definition) is 3. The first-order chi connectivity index (χ1) is 7.37. The molecule has 0 aromatic carbocycles. The van der Waals surface area contributed by atoms with Gasteiger partial charge in [0.05, 0.1) is 12.3 Å². The number of alkyl halides is 4. The van der Waals surface area contributed by atoms with Gasteiger partial charge in [-0.1, -0.05) is 15.9 Å². The second kappa shape index (κ2) is 5.50. The van der Waals surface area contributed by atoms with Crippen LogP contribution in [0.1, 0.15) is 11.3 Å². The van der Waals surface area contributed by atoms with Gasteiger partial charge < -0.3 is 9.84 Å². The van der Waals surface area contributed by atoms with Crippen LogP contribution < -0.4 is 4.74 Å². The minimum absolute atomic E-state index is 0.0613. The van der Waals surface area contributed by atoms with Gasteiger partial charge in [-0.25, -0.2) is 4.98 Å². The molecule has 16 heavy (non-hydrogen) atoms. The maximum absolute atomic E-state index is 12.1. The summed E-state index contributed by atoms with van der Waals surface area (Å²) in [4.78, 5) is 3.89. The van der Waals surface area contributed by atoms with E-state index < -0.39 is 18.7 Å². The number of nitrogens with zero attached hydrogens (tertiary/aromatic N) is 1. The van der Waals surface area contributed by atoms with Crippen LogP contribution in [0.3, 0.4) is 0 Å². The van der Waals surface area contributed by atoms with Crippen LogP contribution in [-0.4, -0.2) is 16.5 Å². The molecule has 0 unspecified atom stereocenters. The standard InChI is InChI=1S/C8H6BrF3INO2/c9-2-5-1-4(3-15)6(7(13)14-5)16-8(10,11)12/h1,15H,2-3H2. The molecule has 0 bridgehead atoms. The molecular formula is C8H6BrF3INO2. The van der Waals surface area contributed by atoms with Crippen molar-refractivity contribution in [1.29, 1.82) is 0 Å². The lowest BCUT2D eigenvalue weighted by Gasteiger charge is -2.14. The van der Waals surface area contributed by atoms with Crippen LogP contribution in [0.4, 0.5) is 13.2 Å². The van der Waals surface area contributed by atoms with Gasteiger partial charge in [-0.3, -0.25) is 0 Å². The van der Waals surface area contributed by atoms with Gasteiger partial charge in [-0.2, -0.15) is 0 Å². The Morgan fingerprint density at radius 1 is 1.50 bits per heavy atom. The van der Waals surface area contributed by atoms with Crippen molar-refractivity contribution in [3.63, 3.8) is 0 Å². The summed E-state index contributed by atoms with van der Waals surface area (Å²) >= 11 is 4.76. The van der Waals surface area contributed by atoms with Gasteiger partial charge in [0, 0.05) is 10.9 Å². The molecule has 1 N–H and O–H groups in total. The summed E-state index contributed by atoms with van der Waals surface area (Å²) < 4.78 is 40.1. The van der Waals surface area contributed by atoms with Gasteiger partial charge in [0.25, 0.3) is 0 Å². The summed E-state index contributed by atoms with van der Waals surface area (Å²) in [5, 5.41) is 9.36. The van der Waals surface area contributed by atoms with Gasteiger partial charge in [-0.05, 0) is 28.7 Å². The van der Waals surface area contributed by atoms with Crippen molar-refractivity contribution in [2.75, 3.05) is 0 Å². The fourth-order valence-corrected chi connectivity index (χ4v) is 2.07. The highest BCUT2D eigenvalue weighted by molar-refractivity contribution is 14.1. The highest BCUT2D eigenvalue weighted by atomic mass is 127. The van der Waals surface area contributed by atoms with Crippen LogP contribution in [0.2, 0.25) is 0 Å². The van der Waals surface area contributed by atoms with E-state index in [0.717, 1.165) is 0 Å². The molecule has 1 aromatic heterocycles. The van der Waals surface area contributed by atoms with Gasteiger partial charge in [0.15, 0.2) is 5.75 Å². The number of halogens is 5. The third-order valence-corrected chi connectivity index (χ3v) is 2.89. The Morgan fingerprint density at radius 3 is 2.56 bits per heavy atom. The maximum Gasteiger partial charge on any atom is 0.573 e. The summed E-state index contributed by atoms with van der Waals surface area (Å²) in [5.41, 5.74) is 0.592. The number of hydrogen-bond donors (Lipinski definition) is 1. The third kappa shape index (κ3) is 3.74. The van der Waals surface area contributed by atoms with E-state index in [1.807, 2.05) is 0 Å². The molecule has 0 saturated carbocycles. The van der Waals surface area contributed by atoms with Crippen LogP contribution in [0.5, 0.6) is 5.75 Å². The summed E-state index contributed by atoms with van der Waals surface area (Å²) in [6, 6.07) is 1.36. The van der Waals surface area contributed by atoms with Crippen molar-refractivity contribution in [2.24, 2.45) is 0 Å². The van der Waals surface area contributed by atoms with Crippen molar-refractivity contribution in [3.05, 3.63) is 21.0 Å². The number of ether oxygens (including phenoxy) is 1. The molecule has 0 atom stereocenters. The smallest absolute Gasteiger partial charge is 0.403 e. The number of aliphatic hydroxyl groups is 1. The minimum atomic E-state index is -4.79. The normalized spacial score (nSPS) is 11.6. The van der Waals surface area contributed by atoms with E-state index in [1.54, 1.807) is 22.6 Å². The lowest BCUT2D eigenvalue weighted by molar-refractivity contribution is -0.275. The van der Waals surface area contributed by atoms with Crippen molar-refractivity contribution < 1.29 is 23.0 Å². The highest BCUT2D eigenvalue weighted by Gasteiger charge is 2.33. The van der Waals surface area contributed by atoms with E-state index >= 15 is 0 Å². The summed E-state index contributed by atoms with van der Waals surface area (Å²) in [7, 11) is 0. The van der Waals surface area contributed by atoms with Crippen molar-refractivity contribution in [3.8, 4) is 5.75 Å². The number of aliphatic hydroxyl groups excluding tert-OH is 1. The van der Waals surface area contributed by atoms with Crippen molar-refractivity contribution in [1.82, 2.24) is 4.98 Å². The van der Waals surface area contributed by atoms with E-state index in [-0.39, 0.29) is 9.26 Å². The van der Waals surface area contributed by atoms with Gasteiger partial charge in [-0.15, -0.1) is 13.2 Å². The summed E-state index contributed by atoms with van der Waals surface area (Å²) in [5.74, 6) is -0.444. The lowest BCUT2D eigenvalue weighted by Crippen LogP contribution is -2.19. The first-order valence-electron chi connectivity index (χ1n) is 3.98. The van der Waals surface area contributed by atoms with Crippen LogP contribution in [0.25, 0.3) is 0 Å². The van der Waals surface area contributed by atoms with Crippen LogP contribution in [0.15, 0.2) is 6.07 Å². The predicted molar refractivity (Wildman–Crippen MR) is 62.2 cm³/mol. The maximum atomic E-state index is 12.1. The Kier molecular flexibility index (Phi) is 4.80. The molecule has 1 heterocycles. The fourth-order valence-electron chi connectivity index (χ4n) is 1.02. The molecule has 1 rings (SSSR count). The van der Waals surface area contributed by atoms with E-state index in [9.17, 15) is 13.2 Å². The van der Waals surface area contributed by atoms with E-state index in [1.165, 1.54) is 6.07 Å². The molecule has 0 radical (unpaired) electrons. The SMILES string of the molecule is OCc1cc(CBr)nc(I)c1OC(F)(F)F. The fraction of sp³-hybridized carbons (Fsp3) is 0.375. The Labute approximate surface area is 111 Å². The summed E-state index contributed by atoms with van der Waals surface area (Å²) in [6.07, 6.45) is -4.79. The zero-order chi connectivity index (χ0) is 12.3. The zero-order valence-corrected chi connectivity index (χ0v) is 11.4. The monoisotopic (exact) mass is 411 g/mol. The molecule has 0 amide bonds. The van der Waals surface area contributed by atoms with Crippen LogP contribution >= 0.6 is 38.5 Å². The molecule has 3 nitrogen and oxygen atoms in total. The Morgan fingerprint density at radius 2 is 2.12 bits per heavy atom. The molecule has 1 aromatic rings. The molecule has 0 spiro atoms. The number of aromatic nitrogens is 1. The molecule has 0 saturated heterocycles. The predicted octanol–water partition coefficient (Wildman–Crippen LogP) is 2.97. The van der Waals surface area contributed by atoms with Gasteiger partial charge >= 0.3 is 6.36 Å². The van der Waals surface area contributed by atoms with Gasteiger partial charge in [0.1, 0.15) is 3.70 Å². The lowest BCUT2D eigenvalue weighted by atomic mass is 10.2. The summed E-state index contributed by atoms with van der Waals surface area (Å²) in [6.45, 7) is -0.538. The third-order valence-electron chi connectivity index (χ3n) is 1.59. The topological polar surface area (TPSA) is 42.4 Å². The number of rotatable bonds is 3. The first kappa shape index (κ1) is 14.0. The Hall–Kier alpha value is -0.0900.